The van der Waals surface area contributed by atoms with Gasteiger partial charge in [-0.3, -0.25) is 0 Å². The molecule has 0 aliphatic rings. The van der Waals surface area contributed by atoms with Gasteiger partial charge in [0.25, 0.3) is 0 Å². The van der Waals surface area contributed by atoms with E-state index < -0.39 is 0 Å². The Balaban J connectivity index is 2.60. The Labute approximate surface area is 110 Å². The van der Waals surface area contributed by atoms with E-state index in [0.717, 1.165) is 6.42 Å². The summed E-state index contributed by atoms with van der Waals surface area (Å²) in [6, 6.07) is 19.2. The third-order valence-corrected chi connectivity index (χ3v) is 3.81. The SMILES string of the molecule is C=C[C@](C)(CC)c1ccccc1-c1ccccc1. The van der Waals surface area contributed by atoms with Gasteiger partial charge in [-0.1, -0.05) is 74.5 Å². The molecule has 2 rings (SSSR count). The number of hydrogen-bond donors (Lipinski definition) is 0. The standard InChI is InChI=1S/C18H20/c1-4-18(3,5-2)17-14-10-9-13-16(17)15-11-7-6-8-12-15/h4,6-14H,1,5H2,2-3H3/t18-/m1/s1. The van der Waals surface area contributed by atoms with E-state index in [0.29, 0.717) is 0 Å². The van der Waals surface area contributed by atoms with E-state index >= 15 is 0 Å². The van der Waals surface area contributed by atoms with Crippen LogP contribution in [-0.2, 0) is 5.41 Å². The Hall–Kier alpha value is -1.82. The minimum Gasteiger partial charge on any atom is -0.102 e. The molecule has 0 nitrogen and oxygen atoms in total. The van der Waals surface area contributed by atoms with Gasteiger partial charge in [-0.15, -0.1) is 6.58 Å². The Morgan fingerprint density at radius 1 is 1.00 bits per heavy atom. The van der Waals surface area contributed by atoms with E-state index in [1.165, 1.54) is 16.7 Å². The van der Waals surface area contributed by atoms with Crippen molar-refractivity contribution in [1.82, 2.24) is 0 Å². The molecule has 0 fully saturated rings. The van der Waals surface area contributed by atoms with Crippen LogP contribution in [0.15, 0.2) is 67.3 Å². The molecule has 92 valence electrons. The van der Waals surface area contributed by atoms with Gasteiger partial charge in [0.15, 0.2) is 0 Å². The third kappa shape index (κ3) is 2.24. The number of allylic oxidation sites excluding steroid dienone is 1. The van der Waals surface area contributed by atoms with Gasteiger partial charge in [0.2, 0.25) is 0 Å². The van der Waals surface area contributed by atoms with Crippen molar-refractivity contribution in [1.29, 1.82) is 0 Å². The first-order chi connectivity index (χ1) is 8.71. The van der Waals surface area contributed by atoms with Gasteiger partial charge in [0.05, 0.1) is 0 Å². The van der Waals surface area contributed by atoms with Crippen LogP contribution >= 0.6 is 0 Å². The molecule has 0 heterocycles. The summed E-state index contributed by atoms with van der Waals surface area (Å²) in [5.41, 5.74) is 3.97. The summed E-state index contributed by atoms with van der Waals surface area (Å²) in [5, 5.41) is 0. The largest absolute Gasteiger partial charge is 0.102 e. The van der Waals surface area contributed by atoms with Crippen molar-refractivity contribution in [3.8, 4) is 11.1 Å². The normalized spacial score (nSPS) is 13.9. The molecule has 0 spiro atoms. The second-order valence-electron chi connectivity index (χ2n) is 4.89. The lowest BCUT2D eigenvalue weighted by Gasteiger charge is -2.27. The van der Waals surface area contributed by atoms with Crippen molar-refractivity contribution in [2.75, 3.05) is 0 Å². The van der Waals surface area contributed by atoms with Crippen LogP contribution in [0, 0.1) is 0 Å². The molecule has 0 bridgehead atoms. The van der Waals surface area contributed by atoms with Crippen LogP contribution in [-0.4, -0.2) is 0 Å². The molecule has 0 aromatic heterocycles. The fraction of sp³-hybridized carbons (Fsp3) is 0.222. The molecule has 0 radical (unpaired) electrons. The Kier molecular flexibility index (Phi) is 3.66. The van der Waals surface area contributed by atoms with Crippen LogP contribution in [0.25, 0.3) is 11.1 Å². The Morgan fingerprint density at radius 2 is 1.61 bits per heavy atom. The average Bonchev–Trinajstić information content (AvgIpc) is 2.47. The lowest BCUT2D eigenvalue weighted by molar-refractivity contribution is 0.575. The molecule has 18 heavy (non-hydrogen) atoms. The summed E-state index contributed by atoms with van der Waals surface area (Å²) in [6.07, 6.45) is 3.12. The molecule has 2 aromatic rings. The quantitative estimate of drug-likeness (QED) is 0.639. The molecule has 0 unspecified atom stereocenters. The smallest absolute Gasteiger partial charge is 0.0104 e. The maximum Gasteiger partial charge on any atom is 0.0104 e. The lowest BCUT2D eigenvalue weighted by Crippen LogP contribution is -2.18. The Morgan fingerprint density at radius 3 is 2.22 bits per heavy atom. The molecular formula is C18H20. The van der Waals surface area contributed by atoms with E-state index in [4.69, 9.17) is 0 Å². The number of benzene rings is 2. The van der Waals surface area contributed by atoms with Gasteiger partial charge < -0.3 is 0 Å². The molecular weight excluding hydrogens is 216 g/mol. The van der Waals surface area contributed by atoms with Crippen molar-refractivity contribution in [2.24, 2.45) is 0 Å². The second kappa shape index (κ2) is 5.22. The highest BCUT2D eigenvalue weighted by Gasteiger charge is 2.23. The van der Waals surface area contributed by atoms with E-state index in [1.54, 1.807) is 0 Å². The molecule has 0 aliphatic carbocycles. The molecule has 1 atom stereocenters. The summed E-state index contributed by atoms with van der Waals surface area (Å²) < 4.78 is 0. The third-order valence-electron chi connectivity index (χ3n) is 3.81. The number of hydrogen-bond acceptors (Lipinski definition) is 0. The van der Waals surface area contributed by atoms with Crippen LogP contribution in [0.3, 0.4) is 0 Å². The molecule has 0 heteroatoms. The second-order valence-corrected chi connectivity index (χ2v) is 4.89. The molecule has 0 saturated carbocycles. The molecule has 0 aliphatic heterocycles. The first-order valence-electron chi connectivity index (χ1n) is 6.50. The minimum absolute atomic E-state index is 0.0342. The highest BCUT2D eigenvalue weighted by atomic mass is 14.3. The summed E-state index contributed by atoms with van der Waals surface area (Å²) in [5.74, 6) is 0. The van der Waals surface area contributed by atoms with Gasteiger partial charge in [-0.2, -0.15) is 0 Å². The maximum atomic E-state index is 4.01. The van der Waals surface area contributed by atoms with Crippen molar-refractivity contribution in [3.05, 3.63) is 72.8 Å². The summed E-state index contributed by atoms with van der Waals surface area (Å²) in [6.45, 7) is 8.48. The first-order valence-corrected chi connectivity index (χ1v) is 6.50. The number of rotatable bonds is 4. The predicted molar refractivity (Wildman–Crippen MR) is 79.7 cm³/mol. The topological polar surface area (TPSA) is 0 Å². The van der Waals surface area contributed by atoms with E-state index in [1.807, 2.05) is 0 Å². The zero-order valence-electron chi connectivity index (χ0n) is 11.2. The summed E-state index contributed by atoms with van der Waals surface area (Å²) >= 11 is 0. The maximum absolute atomic E-state index is 4.01. The van der Waals surface area contributed by atoms with Crippen LogP contribution in [0.2, 0.25) is 0 Å². The van der Waals surface area contributed by atoms with Gasteiger partial charge in [0.1, 0.15) is 0 Å². The minimum atomic E-state index is 0.0342. The highest BCUT2D eigenvalue weighted by Crippen LogP contribution is 2.36. The van der Waals surface area contributed by atoms with Crippen LogP contribution in [0.1, 0.15) is 25.8 Å². The fourth-order valence-corrected chi connectivity index (χ4v) is 2.30. The summed E-state index contributed by atoms with van der Waals surface area (Å²) in [7, 11) is 0. The first kappa shape index (κ1) is 12.6. The highest BCUT2D eigenvalue weighted by molar-refractivity contribution is 5.69. The molecule has 0 saturated heterocycles. The lowest BCUT2D eigenvalue weighted by atomic mass is 9.77. The average molecular weight is 236 g/mol. The van der Waals surface area contributed by atoms with E-state index in [-0.39, 0.29) is 5.41 Å². The van der Waals surface area contributed by atoms with Crippen molar-refractivity contribution < 1.29 is 0 Å². The Bertz CT molecular complexity index is 525. The van der Waals surface area contributed by atoms with Gasteiger partial charge in [-0.25, -0.2) is 0 Å². The fourth-order valence-electron chi connectivity index (χ4n) is 2.30. The monoisotopic (exact) mass is 236 g/mol. The van der Waals surface area contributed by atoms with E-state index in [9.17, 15) is 0 Å². The predicted octanol–water partition coefficient (Wildman–Crippen LogP) is 5.21. The van der Waals surface area contributed by atoms with E-state index in [2.05, 4.69) is 81.1 Å². The van der Waals surface area contributed by atoms with Gasteiger partial charge in [0, 0.05) is 5.41 Å². The van der Waals surface area contributed by atoms with Crippen LogP contribution in [0.4, 0.5) is 0 Å². The molecule has 0 N–H and O–H groups in total. The van der Waals surface area contributed by atoms with Crippen molar-refractivity contribution >= 4 is 0 Å². The van der Waals surface area contributed by atoms with Crippen LogP contribution < -0.4 is 0 Å². The molecule has 0 amide bonds. The van der Waals surface area contributed by atoms with Crippen molar-refractivity contribution in [2.45, 2.75) is 25.7 Å². The molecule has 2 aromatic carbocycles. The van der Waals surface area contributed by atoms with Crippen LogP contribution in [0.5, 0.6) is 0 Å². The van der Waals surface area contributed by atoms with Crippen molar-refractivity contribution in [3.63, 3.8) is 0 Å². The summed E-state index contributed by atoms with van der Waals surface area (Å²) in [4.78, 5) is 0. The van der Waals surface area contributed by atoms with Gasteiger partial charge in [-0.05, 0) is 23.1 Å². The zero-order chi connectivity index (χ0) is 13.0. The zero-order valence-corrected chi connectivity index (χ0v) is 11.2. The van der Waals surface area contributed by atoms with Gasteiger partial charge >= 0.3 is 0 Å².